The molecule has 6 heteroatoms. The third kappa shape index (κ3) is 3.22. The van der Waals surface area contributed by atoms with E-state index in [4.69, 9.17) is 4.74 Å². The molecule has 2 N–H and O–H groups in total. The predicted molar refractivity (Wildman–Crippen MR) is 48.3 cm³/mol. The molecule has 1 aliphatic heterocycles. The van der Waals surface area contributed by atoms with Crippen LogP contribution in [0, 0.1) is 0 Å². The van der Waals surface area contributed by atoms with Crippen LogP contribution in [-0.4, -0.2) is 57.4 Å². The van der Waals surface area contributed by atoms with Crippen LogP contribution < -0.4 is 5.32 Å². The highest BCUT2D eigenvalue weighted by atomic mass is 32.2. The molecule has 5 nitrogen and oxygen atoms in total. The predicted octanol–water partition coefficient (Wildman–Crippen LogP) is -1.62. The van der Waals surface area contributed by atoms with Crippen LogP contribution in [0.25, 0.3) is 0 Å². The number of aliphatic hydroxyl groups is 1. The van der Waals surface area contributed by atoms with Gasteiger partial charge in [0, 0.05) is 19.7 Å². The van der Waals surface area contributed by atoms with Crippen molar-refractivity contribution in [2.24, 2.45) is 0 Å². The van der Waals surface area contributed by atoms with Gasteiger partial charge in [0.15, 0.2) is 9.84 Å². The molecule has 1 aliphatic rings. The second kappa shape index (κ2) is 4.36. The molecule has 2 atom stereocenters. The quantitative estimate of drug-likeness (QED) is 0.544. The molecule has 0 aromatic heterocycles. The van der Waals surface area contributed by atoms with E-state index in [-0.39, 0.29) is 17.5 Å². The van der Waals surface area contributed by atoms with Gasteiger partial charge in [0.1, 0.15) is 0 Å². The lowest BCUT2D eigenvalue weighted by Crippen LogP contribution is -2.40. The zero-order valence-electron chi connectivity index (χ0n) is 7.56. The lowest BCUT2D eigenvalue weighted by molar-refractivity contribution is 0.151. The molecule has 1 fully saturated rings. The first-order valence-corrected chi connectivity index (χ1v) is 5.98. The van der Waals surface area contributed by atoms with Crippen molar-refractivity contribution in [1.82, 2.24) is 5.32 Å². The summed E-state index contributed by atoms with van der Waals surface area (Å²) in [5, 5.41) is 12.3. The highest BCUT2D eigenvalue weighted by Crippen LogP contribution is 2.11. The van der Waals surface area contributed by atoms with E-state index in [2.05, 4.69) is 5.32 Å². The fraction of sp³-hybridized carbons (Fsp3) is 1.00. The summed E-state index contributed by atoms with van der Waals surface area (Å²) >= 11 is 0. The van der Waals surface area contributed by atoms with Gasteiger partial charge in [-0.1, -0.05) is 0 Å². The number of hydrogen-bond acceptors (Lipinski definition) is 5. The minimum atomic E-state index is -3.04. The van der Waals surface area contributed by atoms with Crippen molar-refractivity contribution >= 4 is 9.84 Å². The Kier molecular flexibility index (Phi) is 3.66. The Labute approximate surface area is 78.0 Å². The Morgan fingerprint density at radius 1 is 1.54 bits per heavy atom. The van der Waals surface area contributed by atoms with E-state index < -0.39 is 15.9 Å². The average molecular weight is 209 g/mol. The number of methoxy groups -OCH3 is 1. The van der Waals surface area contributed by atoms with Gasteiger partial charge in [-0.3, -0.25) is 0 Å². The van der Waals surface area contributed by atoms with Crippen LogP contribution in [0.4, 0.5) is 0 Å². The Bertz CT molecular complexity index is 251. The molecule has 1 rings (SSSR count). The minimum absolute atomic E-state index is 0.0257. The van der Waals surface area contributed by atoms with Gasteiger partial charge < -0.3 is 15.2 Å². The van der Waals surface area contributed by atoms with Crippen molar-refractivity contribution in [2.75, 3.05) is 31.8 Å². The molecule has 0 bridgehead atoms. The lowest BCUT2D eigenvalue weighted by atomic mass is 10.2. The first-order chi connectivity index (χ1) is 6.05. The van der Waals surface area contributed by atoms with Crippen molar-refractivity contribution in [2.45, 2.75) is 12.1 Å². The van der Waals surface area contributed by atoms with Gasteiger partial charge in [-0.2, -0.15) is 0 Å². The summed E-state index contributed by atoms with van der Waals surface area (Å²) in [7, 11) is -1.46. The molecule has 0 saturated carbocycles. The summed E-state index contributed by atoms with van der Waals surface area (Å²) in [6, 6.07) is -0.333. The lowest BCUT2D eigenvalue weighted by Gasteiger charge is -2.13. The van der Waals surface area contributed by atoms with E-state index in [0.717, 1.165) is 0 Å². The molecule has 13 heavy (non-hydrogen) atoms. The maximum atomic E-state index is 11.1. The maximum absolute atomic E-state index is 11.1. The first kappa shape index (κ1) is 10.9. The smallest absolute Gasteiger partial charge is 0.154 e. The van der Waals surface area contributed by atoms with Gasteiger partial charge in [-0.15, -0.1) is 0 Å². The summed E-state index contributed by atoms with van der Waals surface area (Å²) in [5.74, 6) is -0.102. The second-order valence-corrected chi connectivity index (χ2v) is 5.35. The molecule has 0 unspecified atom stereocenters. The largest absolute Gasteiger partial charge is 0.390 e. The van der Waals surface area contributed by atoms with Crippen LogP contribution in [0.15, 0.2) is 0 Å². The molecule has 0 aliphatic carbocycles. The zero-order valence-corrected chi connectivity index (χ0v) is 8.38. The van der Waals surface area contributed by atoms with E-state index >= 15 is 0 Å². The summed E-state index contributed by atoms with van der Waals surface area (Å²) in [6.07, 6.45) is -0.776. The highest BCUT2D eigenvalue weighted by molar-refractivity contribution is 7.91. The zero-order chi connectivity index (χ0) is 9.90. The summed E-state index contributed by atoms with van der Waals surface area (Å²) in [5.41, 5.74) is 0. The normalized spacial score (nSPS) is 32.2. The molecule has 0 radical (unpaired) electrons. The fourth-order valence-corrected chi connectivity index (χ4v) is 3.15. The van der Waals surface area contributed by atoms with E-state index in [9.17, 15) is 13.5 Å². The number of sulfone groups is 1. The number of rotatable bonds is 4. The summed E-state index contributed by atoms with van der Waals surface area (Å²) in [6.45, 7) is 1.08. The Morgan fingerprint density at radius 2 is 2.23 bits per heavy atom. The van der Waals surface area contributed by atoms with Gasteiger partial charge in [-0.25, -0.2) is 8.42 Å². The van der Waals surface area contributed by atoms with E-state index in [1.54, 1.807) is 7.11 Å². The molecule has 1 heterocycles. The van der Waals surface area contributed by atoms with Crippen molar-refractivity contribution in [3.8, 4) is 0 Å². The van der Waals surface area contributed by atoms with Gasteiger partial charge in [0.25, 0.3) is 0 Å². The van der Waals surface area contributed by atoms with Gasteiger partial charge in [-0.05, 0) is 0 Å². The third-order valence-corrected chi connectivity index (χ3v) is 3.75. The minimum Gasteiger partial charge on any atom is -0.390 e. The number of aliphatic hydroxyl groups excluding tert-OH is 1. The number of hydrogen-bond donors (Lipinski definition) is 2. The van der Waals surface area contributed by atoms with Crippen molar-refractivity contribution in [3.63, 3.8) is 0 Å². The van der Waals surface area contributed by atoms with Gasteiger partial charge >= 0.3 is 0 Å². The number of ether oxygens (including phenoxy) is 1. The fourth-order valence-electron chi connectivity index (χ4n) is 1.37. The van der Waals surface area contributed by atoms with Crippen LogP contribution in [0.5, 0.6) is 0 Å². The molecule has 1 saturated heterocycles. The van der Waals surface area contributed by atoms with Crippen molar-refractivity contribution < 1.29 is 18.3 Å². The third-order valence-electron chi connectivity index (χ3n) is 2.04. The van der Waals surface area contributed by atoms with E-state index in [0.29, 0.717) is 13.2 Å². The number of nitrogens with one attached hydrogen (secondary N) is 1. The molecule has 0 aromatic carbocycles. The topological polar surface area (TPSA) is 75.6 Å². The first-order valence-electron chi connectivity index (χ1n) is 4.16. The molecular formula is C7H15NO4S. The highest BCUT2D eigenvalue weighted by Gasteiger charge is 2.35. The van der Waals surface area contributed by atoms with Crippen molar-refractivity contribution in [3.05, 3.63) is 0 Å². The standard InChI is InChI=1S/C7H15NO4S/c1-12-3-2-8-6-4-13(10,11)5-7(6)9/h6-9H,2-5H2,1H3/t6-,7-/m0/s1. The molecule has 0 spiro atoms. The van der Waals surface area contributed by atoms with Crippen LogP contribution in [-0.2, 0) is 14.6 Å². The van der Waals surface area contributed by atoms with E-state index in [1.165, 1.54) is 0 Å². The Hall–Kier alpha value is -0.170. The van der Waals surface area contributed by atoms with Crippen LogP contribution in [0.2, 0.25) is 0 Å². The molecule has 0 aromatic rings. The van der Waals surface area contributed by atoms with E-state index in [1.807, 2.05) is 0 Å². The molecule has 0 amide bonds. The molecule has 78 valence electrons. The summed E-state index contributed by atoms with van der Waals surface area (Å²) < 4.78 is 26.9. The van der Waals surface area contributed by atoms with Gasteiger partial charge in [0.05, 0.1) is 24.2 Å². The second-order valence-electron chi connectivity index (χ2n) is 3.20. The maximum Gasteiger partial charge on any atom is 0.154 e. The average Bonchev–Trinajstić information content (AvgIpc) is 2.25. The SMILES string of the molecule is COCCN[C@H]1CS(=O)(=O)C[C@@H]1O. The summed E-state index contributed by atoms with van der Waals surface area (Å²) in [4.78, 5) is 0. The Balaban J connectivity index is 2.36. The van der Waals surface area contributed by atoms with Crippen LogP contribution in [0.3, 0.4) is 0 Å². The van der Waals surface area contributed by atoms with Crippen LogP contribution >= 0.6 is 0 Å². The molecular weight excluding hydrogens is 194 g/mol. The van der Waals surface area contributed by atoms with Gasteiger partial charge in [0.2, 0.25) is 0 Å². The Morgan fingerprint density at radius 3 is 2.69 bits per heavy atom. The van der Waals surface area contributed by atoms with Crippen LogP contribution in [0.1, 0.15) is 0 Å². The monoisotopic (exact) mass is 209 g/mol. The van der Waals surface area contributed by atoms with Crippen molar-refractivity contribution in [1.29, 1.82) is 0 Å².